The molecule has 0 spiro atoms. The molecule has 2 aromatic rings. The van der Waals surface area contributed by atoms with Crippen LogP contribution in [-0.2, 0) is 11.2 Å². The second kappa shape index (κ2) is 7.81. The molecule has 4 nitrogen and oxygen atoms in total. The highest BCUT2D eigenvalue weighted by Crippen LogP contribution is 2.15. The molecular formula is C18H19ClN2O2S. The Hall–Kier alpha value is -1.85. The maximum Gasteiger partial charge on any atom is 0.253 e. The molecule has 0 atom stereocenters. The van der Waals surface area contributed by atoms with Gasteiger partial charge in [0.05, 0.1) is 0 Å². The molecular weight excluding hydrogens is 344 g/mol. The van der Waals surface area contributed by atoms with Crippen molar-refractivity contribution < 1.29 is 9.59 Å². The van der Waals surface area contributed by atoms with Crippen molar-refractivity contribution in [3.63, 3.8) is 0 Å². The number of carbonyl (C=O) groups is 2. The van der Waals surface area contributed by atoms with Crippen LogP contribution in [0.15, 0.2) is 41.8 Å². The minimum absolute atomic E-state index is 0.00245. The fraction of sp³-hybridized carbons (Fsp3) is 0.333. The summed E-state index contributed by atoms with van der Waals surface area (Å²) in [4.78, 5) is 29.6. The van der Waals surface area contributed by atoms with Gasteiger partial charge in [-0.05, 0) is 42.1 Å². The summed E-state index contributed by atoms with van der Waals surface area (Å²) in [6.45, 7) is 2.35. The predicted molar refractivity (Wildman–Crippen MR) is 96.6 cm³/mol. The fourth-order valence-electron chi connectivity index (χ4n) is 2.78. The maximum absolute atomic E-state index is 12.4. The molecule has 0 unspecified atom stereocenters. The summed E-state index contributed by atoms with van der Waals surface area (Å²) in [7, 11) is 0. The van der Waals surface area contributed by atoms with Gasteiger partial charge in [-0.1, -0.05) is 17.7 Å². The molecule has 0 bridgehead atoms. The van der Waals surface area contributed by atoms with Crippen LogP contribution >= 0.6 is 22.9 Å². The van der Waals surface area contributed by atoms with Crippen LogP contribution in [0.3, 0.4) is 0 Å². The zero-order valence-corrected chi connectivity index (χ0v) is 14.9. The summed E-state index contributed by atoms with van der Waals surface area (Å²) in [5.74, 6) is 0.166. The van der Waals surface area contributed by atoms with Crippen LogP contribution in [-0.4, -0.2) is 47.8 Å². The number of rotatable bonds is 4. The summed E-state index contributed by atoms with van der Waals surface area (Å²) in [6, 6.07) is 11.0. The lowest BCUT2D eigenvalue weighted by Crippen LogP contribution is -2.50. The van der Waals surface area contributed by atoms with Gasteiger partial charge < -0.3 is 9.80 Å². The van der Waals surface area contributed by atoms with Crippen molar-refractivity contribution in [3.8, 4) is 0 Å². The Labute approximate surface area is 150 Å². The topological polar surface area (TPSA) is 40.6 Å². The van der Waals surface area contributed by atoms with Crippen LogP contribution in [0.2, 0.25) is 5.02 Å². The second-order valence-electron chi connectivity index (χ2n) is 5.76. The zero-order chi connectivity index (χ0) is 16.9. The first-order valence-electron chi connectivity index (χ1n) is 7.98. The van der Waals surface area contributed by atoms with Gasteiger partial charge in [-0.15, -0.1) is 11.3 Å². The van der Waals surface area contributed by atoms with E-state index in [0.717, 1.165) is 6.42 Å². The second-order valence-corrected chi connectivity index (χ2v) is 7.23. The molecule has 0 aliphatic carbocycles. The van der Waals surface area contributed by atoms with E-state index in [4.69, 9.17) is 11.6 Å². The summed E-state index contributed by atoms with van der Waals surface area (Å²) < 4.78 is 0. The van der Waals surface area contributed by atoms with Crippen molar-refractivity contribution in [2.24, 2.45) is 0 Å². The zero-order valence-electron chi connectivity index (χ0n) is 13.3. The Bertz CT molecular complexity index is 692. The highest BCUT2D eigenvalue weighted by atomic mass is 35.5. The molecule has 126 valence electrons. The molecule has 2 amide bonds. The maximum atomic E-state index is 12.4. The van der Waals surface area contributed by atoms with Gasteiger partial charge in [0.2, 0.25) is 5.91 Å². The Morgan fingerprint density at radius 2 is 1.67 bits per heavy atom. The molecule has 1 aromatic heterocycles. The number of carbonyl (C=O) groups excluding carboxylic acids is 2. The Kier molecular flexibility index (Phi) is 5.53. The van der Waals surface area contributed by atoms with Crippen LogP contribution in [0.25, 0.3) is 0 Å². The predicted octanol–water partition coefficient (Wildman–Crippen LogP) is 3.32. The number of piperazine rings is 1. The van der Waals surface area contributed by atoms with Crippen molar-refractivity contribution in [2.45, 2.75) is 12.8 Å². The normalized spacial score (nSPS) is 14.7. The average molecular weight is 363 g/mol. The van der Waals surface area contributed by atoms with Crippen molar-refractivity contribution >= 4 is 34.8 Å². The number of hydrogen-bond donors (Lipinski definition) is 0. The number of halogens is 1. The molecule has 1 fully saturated rings. The van der Waals surface area contributed by atoms with E-state index in [2.05, 4.69) is 6.07 Å². The molecule has 1 saturated heterocycles. The monoisotopic (exact) mass is 362 g/mol. The van der Waals surface area contributed by atoms with Gasteiger partial charge in [0.15, 0.2) is 0 Å². The van der Waals surface area contributed by atoms with E-state index < -0.39 is 0 Å². The Morgan fingerprint density at radius 1 is 1.00 bits per heavy atom. The van der Waals surface area contributed by atoms with Crippen LogP contribution in [0.5, 0.6) is 0 Å². The van der Waals surface area contributed by atoms with Gasteiger partial charge >= 0.3 is 0 Å². The highest BCUT2D eigenvalue weighted by molar-refractivity contribution is 7.09. The molecule has 0 radical (unpaired) electrons. The van der Waals surface area contributed by atoms with Gasteiger partial charge in [-0.2, -0.15) is 0 Å². The SMILES string of the molecule is O=C(CCc1cccs1)N1CCN(C(=O)c2ccc(Cl)cc2)CC1. The number of hydrogen-bond acceptors (Lipinski definition) is 3. The Balaban J connectivity index is 1.49. The number of aryl methyl sites for hydroxylation is 1. The minimum Gasteiger partial charge on any atom is -0.339 e. The lowest BCUT2D eigenvalue weighted by molar-refractivity contribution is -0.132. The van der Waals surface area contributed by atoms with Gasteiger partial charge in [-0.25, -0.2) is 0 Å². The quantitative estimate of drug-likeness (QED) is 0.837. The molecule has 1 aliphatic rings. The first-order chi connectivity index (χ1) is 11.6. The third-order valence-corrected chi connectivity index (χ3v) is 5.36. The van der Waals surface area contributed by atoms with Crippen LogP contribution in [0.1, 0.15) is 21.7 Å². The molecule has 1 aliphatic heterocycles. The molecule has 0 saturated carbocycles. The number of nitrogens with zero attached hydrogens (tertiary/aromatic N) is 2. The van der Waals surface area contributed by atoms with E-state index in [1.165, 1.54) is 4.88 Å². The van der Waals surface area contributed by atoms with Crippen LogP contribution in [0, 0.1) is 0 Å². The van der Waals surface area contributed by atoms with Crippen molar-refractivity contribution in [1.29, 1.82) is 0 Å². The van der Waals surface area contributed by atoms with Crippen molar-refractivity contribution in [3.05, 3.63) is 57.2 Å². The lowest BCUT2D eigenvalue weighted by Gasteiger charge is -2.35. The standard InChI is InChI=1S/C18H19ClN2O2S/c19-15-5-3-14(4-6-15)18(23)21-11-9-20(10-12-21)17(22)8-7-16-2-1-13-24-16/h1-6,13H,7-12H2. The van der Waals surface area contributed by atoms with Crippen LogP contribution < -0.4 is 0 Å². The van der Waals surface area contributed by atoms with Gasteiger partial charge in [-0.3, -0.25) is 9.59 Å². The third-order valence-electron chi connectivity index (χ3n) is 4.18. The summed E-state index contributed by atoms with van der Waals surface area (Å²) in [5.41, 5.74) is 0.636. The van der Waals surface area contributed by atoms with Gasteiger partial charge in [0, 0.05) is 48.1 Å². The molecule has 24 heavy (non-hydrogen) atoms. The summed E-state index contributed by atoms with van der Waals surface area (Å²) in [5, 5.41) is 2.65. The van der Waals surface area contributed by atoms with Crippen molar-refractivity contribution in [1.82, 2.24) is 9.80 Å². The van der Waals surface area contributed by atoms with E-state index in [1.807, 2.05) is 16.3 Å². The summed E-state index contributed by atoms with van der Waals surface area (Å²) in [6.07, 6.45) is 1.33. The summed E-state index contributed by atoms with van der Waals surface area (Å²) >= 11 is 7.54. The van der Waals surface area contributed by atoms with Gasteiger partial charge in [0.1, 0.15) is 0 Å². The highest BCUT2D eigenvalue weighted by Gasteiger charge is 2.24. The largest absolute Gasteiger partial charge is 0.339 e. The molecule has 1 aromatic carbocycles. The first-order valence-corrected chi connectivity index (χ1v) is 9.24. The molecule has 3 rings (SSSR count). The lowest BCUT2D eigenvalue weighted by atomic mass is 10.1. The van der Waals surface area contributed by atoms with Crippen molar-refractivity contribution in [2.75, 3.05) is 26.2 Å². The molecule has 0 N–H and O–H groups in total. The number of benzene rings is 1. The average Bonchev–Trinajstić information content (AvgIpc) is 3.13. The first kappa shape index (κ1) is 17.0. The van der Waals surface area contributed by atoms with E-state index in [9.17, 15) is 9.59 Å². The van der Waals surface area contributed by atoms with E-state index >= 15 is 0 Å². The molecule has 2 heterocycles. The Morgan fingerprint density at radius 3 is 2.29 bits per heavy atom. The van der Waals surface area contributed by atoms with E-state index in [1.54, 1.807) is 40.5 Å². The number of thiophene rings is 1. The fourth-order valence-corrected chi connectivity index (χ4v) is 3.61. The third kappa shape index (κ3) is 4.16. The van der Waals surface area contributed by atoms with E-state index in [-0.39, 0.29) is 11.8 Å². The number of amides is 2. The smallest absolute Gasteiger partial charge is 0.253 e. The van der Waals surface area contributed by atoms with Gasteiger partial charge in [0.25, 0.3) is 5.91 Å². The van der Waals surface area contributed by atoms with Crippen LogP contribution in [0.4, 0.5) is 0 Å². The minimum atomic E-state index is -0.00245. The molecule has 6 heteroatoms. The van der Waals surface area contributed by atoms with E-state index in [0.29, 0.717) is 43.2 Å².